The van der Waals surface area contributed by atoms with E-state index < -0.39 is 31.6 Å². The van der Waals surface area contributed by atoms with Crippen LogP contribution in [0.15, 0.2) is 53.4 Å². The number of urea groups is 1. The van der Waals surface area contributed by atoms with Crippen LogP contribution in [0.2, 0.25) is 0 Å². The Hall–Kier alpha value is -2.98. The minimum atomic E-state index is -4.09. The van der Waals surface area contributed by atoms with Gasteiger partial charge in [0.2, 0.25) is 10.0 Å². The van der Waals surface area contributed by atoms with Gasteiger partial charge >= 0.3 is 6.03 Å². The third-order valence-electron chi connectivity index (χ3n) is 3.16. The van der Waals surface area contributed by atoms with E-state index in [1.54, 1.807) is 30.3 Å². The fraction of sp³-hybridized carbons (Fsp3) is 0.0714. The number of hydrogen-bond acceptors (Lipinski definition) is 5. The van der Waals surface area contributed by atoms with Gasteiger partial charge in [-0.05, 0) is 24.3 Å². The summed E-state index contributed by atoms with van der Waals surface area (Å²) < 4.78 is 22.7. The van der Waals surface area contributed by atoms with Crippen LogP contribution in [0.5, 0.6) is 0 Å². The lowest BCUT2D eigenvalue weighted by molar-refractivity contribution is -0.384. The van der Waals surface area contributed by atoms with Gasteiger partial charge in [-0.2, -0.15) is 0 Å². The molecule has 2 aromatic carbocycles. The maximum atomic E-state index is 12.2. The van der Waals surface area contributed by atoms with Crippen LogP contribution in [0.4, 0.5) is 21.9 Å². The van der Waals surface area contributed by atoms with Gasteiger partial charge in [0, 0.05) is 18.8 Å². The highest BCUT2D eigenvalue weighted by atomic mass is 32.2. The Bertz CT molecular complexity index is 883. The topological polar surface area (TPSA) is 136 Å². The average Bonchev–Trinajstić information content (AvgIpc) is 2.53. The number of nitrogens with one attached hydrogen (secondary N) is 1. The Morgan fingerprint density at radius 3 is 2.38 bits per heavy atom. The van der Waals surface area contributed by atoms with Crippen molar-refractivity contribution in [2.45, 2.75) is 4.90 Å². The van der Waals surface area contributed by atoms with Gasteiger partial charge in [0.05, 0.1) is 9.82 Å². The lowest BCUT2D eigenvalue weighted by Crippen LogP contribution is -2.31. The molecular weight excluding hydrogens is 336 g/mol. The van der Waals surface area contributed by atoms with Crippen molar-refractivity contribution in [3.05, 3.63) is 58.6 Å². The van der Waals surface area contributed by atoms with Crippen LogP contribution in [0, 0.1) is 10.1 Å². The van der Waals surface area contributed by atoms with Gasteiger partial charge in [-0.3, -0.25) is 15.0 Å². The maximum absolute atomic E-state index is 12.2. The molecule has 24 heavy (non-hydrogen) atoms. The molecule has 0 unspecified atom stereocenters. The number of nitro groups is 1. The van der Waals surface area contributed by atoms with Gasteiger partial charge in [0.25, 0.3) is 5.69 Å². The Morgan fingerprint density at radius 1 is 1.21 bits per heavy atom. The fourth-order valence-corrected chi connectivity index (χ4v) is 2.48. The van der Waals surface area contributed by atoms with E-state index in [0.717, 1.165) is 23.1 Å². The molecule has 3 N–H and O–H groups in total. The van der Waals surface area contributed by atoms with Crippen molar-refractivity contribution in [3.8, 4) is 0 Å². The number of carbonyl (C=O) groups excluding carboxylic acids is 1. The minimum absolute atomic E-state index is 0.0687. The number of nitro benzene ring substituents is 1. The first-order chi connectivity index (χ1) is 11.2. The normalized spacial score (nSPS) is 10.9. The molecule has 0 fully saturated rings. The number of rotatable bonds is 4. The number of anilines is 2. The van der Waals surface area contributed by atoms with E-state index in [9.17, 15) is 23.3 Å². The molecule has 126 valence electrons. The maximum Gasteiger partial charge on any atom is 0.326 e. The second kappa shape index (κ2) is 6.64. The average molecular weight is 350 g/mol. The van der Waals surface area contributed by atoms with Crippen LogP contribution in [0.3, 0.4) is 0 Å². The molecular formula is C14H14N4O5S. The summed E-state index contributed by atoms with van der Waals surface area (Å²) in [4.78, 5) is 23.2. The first-order valence-corrected chi connectivity index (χ1v) is 8.16. The van der Waals surface area contributed by atoms with Crippen molar-refractivity contribution in [2.24, 2.45) is 5.14 Å². The Kier molecular flexibility index (Phi) is 4.81. The van der Waals surface area contributed by atoms with Crippen LogP contribution >= 0.6 is 0 Å². The highest BCUT2D eigenvalue weighted by Gasteiger charge is 2.24. The molecule has 2 amide bonds. The summed E-state index contributed by atoms with van der Waals surface area (Å²) >= 11 is 0. The van der Waals surface area contributed by atoms with Crippen LogP contribution in [-0.2, 0) is 10.0 Å². The Labute approximate surface area is 137 Å². The van der Waals surface area contributed by atoms with Gasteiger partial charge in [-0.1, -0.05) is 18.2 Å². The molecule has 0 atom stereocenters. The molecule has 0 aliphatic rings. The number of primary sulfonamides is 1. The number of nitrogens with two attached hydrogens (primary N) is 1. The zero-order valence-corrected chi connectivity index (χ0v) is 13.4. The standard InChI is InChI=1S/C14H14N4O5S/c1-17(14(19)16-10-5-3-2-4-6-10)12-8-7-11(24(15,22)23)9-13(12)18(20)21/h2-9H,1H3,(H,16,19)(H2,15,22,23). The van der Waals surface area contributed by atoms with E-state index in [-0.39, 0.29) is 5.69 Å². The minimum Gasteiger partial charge on any atom is -0.308 e. The zero-order valence-electron chi connectivity index (χ0n) is 12.5. The number of benzene rings is 2. The summed E-state index contributed by atoms with van der Waals surface area (Å²) in [6, 6.07) is 11.0. The molecule has 0 heterocycles. The number of sulfonamides is 1. The smallest absolute Gasteiger partial charge is 0.308 e. The number of amides is 2. The quantitative estimate of drug-likeness (QED) is 0.641. The van der Waals surface area contributed by atoms with Gasteiger partial charge in [-0.25, -0.2) is 18.4 Å². The van der Waals surface area contributed by atoms with Crippen molar-refractivity contribution in [1.82, 2.24) is 0 Å². The van der Waals surface area contributed by atoms with Crippen LogP contribution in [-0.4, -0.2) is 26.4 Å². The highest BCUT2D eigenvalue weighted by Crippen LogP contribution is 2.30. The van der Waals surface area contributed by atoms with Crippen LogP contribution in [0.25, 0.3) is 0 Å². The first kappa shape index (κ1) is 17.4. The summed E-state index contributed by atoms with van der Waals surface area (Å²) in [5, 5.41) is 18.7. The third kappa shape index (κ3) is 3.86. The largest absolute Gasteiger partial charge is 0.326 e. The summed E-state index contributed by atoms with van der Waals surface area (Å²) in [5.74, 6) is 0. The van der Waals surface area contributed by atoms with E-state index in [0.29, 0.717) is 5.69 Å². The van der Waals surface area contributed by atoms with Gasteiger partial charge in [-0.15, -0.1) is 0 Å². The fourth-order valence-electron chi connectivity index (χ4n) is 1.95. The van der Waals surface area contributed by atoms with Crippen molar-refractivity contribution in [2.75, 3.05) is 17.3 Å². The second-order valence-electron chi connectivity index (χ2n) is 4.81. The lowest BCUT2D eigenvalue weighted by atomic mass is 10.2. The van der Waals surface area contributed by atoms with E-state index in [2.05, 4.69) is 5.32 Å². The molecule has 0 bridgehead atoms. The molecule has 10 heteroatoms. The molecule has 0 saturated carbocycles. The number of nitrogens with zero attached hydrogens (tertiary/aromatic N) is 2. The second-order valence-corrected chi connectivity index (χ2v) is 6.37. The first-order valence-electron chi connectivity index (χ1n) is 6.61. The van der Waals surface area contributed by atoms with E-state index in [1.807, 2.05) is 0 Å². The molecule has 0 aromatic heterocycles. The number of carbonyl (C=O) groups is 1. The predicted molar refractivity (Wildman–Crippen MR) is 88.3 cm³/mol. The van der Waals surface area contributed by atoms with Gasteiger partial charge in [0.1, 0.15) is 5.69 Å². The molecule has 0 spiro atoms. The van der Waals surface area contributed by atoms with Crippen molar-refractivity contribution in [3.63, 3.8) is 0 Å². The summed E-state index contributed by atoms with van der Waals surface area (Å²) in [7, 11) is -2.76. The Morgan fingerprint density at radius 2 is 1.83 bits per heavy atom. The summed E-state index contributed by atoms with van der Waals surface area (Å²) in [5.41, 5.74) is -0.105. The number of hydrogen-bond donors (Lipinski definition) is 2. The van der Waals surface area contributed by atoms with E-state index in [1.165, 1.54) is 7.05 Å². The SMILES string of the molecule is CN(C(=O)Nc1ccccc1)c1ccc(S(N)(=O)=O)cc1[N+](=O)[O-]. The van der Waals surface area contributed by atoms with Crippen molar-refractivity contribution < 1.29 is 18.1 Å². The van der Waals surface area contributed by atoms with Gasteiger partial charge in [0.15, 0.2) is 0 Å². The molecule has 2 rings (SSSR count). The van der Waals surface area contributed by atoms with Crippen molar-refractivity contribution in [1.29, 1.82) is 0 Å². The summed E-state index contributed by atoms with van der Waals surface area (Å²) in [6.07, 6.45) is 0. The van der Waals surface area contributed by atoms with Crippen LogP contribution < -0.4 is 15.4 Å². The highest BCUT2D eigenvalue weighted by molar-refractivity contribution is 7.89. The molecule has 9 nitrogen and oxygen atoms in total. The molecule has 0 aliphatic heterocycles. The lowest BCUT2D eigenvalue weighted by Gasteiger charge is -2.18. The van der Waals surface area contributed by atoms with E-state index >= 15 is 0 Å². The monoisotopic (exact) mass is 350 g/mol. The number of para-hydroxylation sites is 1. The Balaban J connectivity index is 2.36. The summed E-state index contributed by atoms with van der Waals surface area (Å²) in [6.45, 7) is 0. The van der Waals surface area contributed by atoms with Crippen LogP contribution in [0.1, 0.15) is 0 Å². The van der Waals surface area contributed by atoms with Crippen molar-refractivity contribution >= 4 is 33.1 Å². The van der Waals surface area contributed by atoms with E-state index in [4.69, 9.17) is 5.14 Å². The molecule has 0 radical (unpaired) electrons. The molecule has 2 aromatic rings. The molecule has 0 aliphatic carbocycles. The predicted octanol–water partition coefficient (Wildman–Crippen LogP) is 1.91. The van der Waals surface area contributed by atoms with Gasteiger partial charge < -0.3 is 5.32 Å². The third-order valence-corrected chi connectivity index (χ3v) is 4.07. The zero-order chi connectivity index (χ0) is 17.9. The molecule has 0 saturated heterocycles.